The number of nitrogens with zero attached hydrogens (tertiary/aromatic N) is 4. The number of hydrogen-bond donors (Lipinski definition) is 1. The maximum Gasteiger partial charge on any atom is 0.387 e. The summed E-state index contributed by atoms with van der Waals surface area (Å²) in [5.74, 6) is 2.51. The van der Waals surface area contributed by atoms with Crippen LogP contribution in [0.15, 0.2) is 18.5 Å². The third kappa shape index (κ3) is 4.67. The van der Waals surface area contributed by atoms with E-state index in [1.165, 1.54) is 6.07 Å². The minimum atomic E-state index is -3.04. The molecule has 0 saturated heterocycles. The molecule has 0 aliphatic rings. The van der Waals surface area contributed by atoms with Crippen LogP contribution in [0.5, 0.6) is 5.75 Å². The van der Waals surface area contributed by atoms with Crippen LogP contribution in [0.3, 0.4) is 0 Å². The van der Waals surface area contributed by atoms with Gasteiger partial charge in [-0.25, -0.2) is 4.98 Å². The highest BCUT2D eigenvalue weighted by Crippen LogP contribution is 2.31. The van der Waals surface area contributed by atoms with Crippen molar-refractivity contribution in [3.05, 3.63) is 40.3 Å². The van der Waals surface area contributed by atoms with Crippen molar-refractivity contribution in [3.8, 4) is 24.2 Å². The first-order valence-electron chi connectivity index (χ1n) is 8.89. The fraction of sp³-hybridized carbons (Fsp3) is 0.333. The number of ether oxygens (including phenoxy) is 1. The Morgan fingerprint density at radius 3 is 2.69 bits per heavy atom. The summed E-state index contributed by atoms with van der Waals surface area (Å²) < 4.78 is 31.9. The zero-order chi connectivity index (χ0) is 21.7. The molecular weight excluding hydrogens is 376 g/mol. The van der Waals surface area contributed by atoms with Crippen LogP contribution in [0.25, 0.3) is 11.8 Å². The monoisotopic (exact) mass is 399 g/mol. The van der Waals surface area contributed by atoms with Crippen LogP contribution < -0.4 is 26.1 Å². The first-order valence-corrected chi connectivity index (χ1v) is 8.89. The number of benzene rings is 1. The first-order chi connectivity index (χ1) is 13.7. The van der Waals surface area contributed by atoms with Crippen molar-refractivity contribution < 1.29 is 13.5 Å². The van der Waals surface area contributed by atoms with Crippen LogP contribution in [0.2, 0.25) is 0 Å². The van der Waals surface area contributed by atoms with Crippen molar-refractivity contribution in [2.45, 2.75) is 32.9 Å². The molecule has 0 amide bonds. The number of nitrogens with two attached hydrogens (primary N) is 1. The lowest BCUT2D eigenvalue weighted by Crippen LogP contribution is -2.38. The van der Waals surface area contributed by atoms with E-state index in [0.29, 0.717) is 23.2 Å². The maximum absolute atomic E-state index is 12.8. The Morgan fingerprint density at radius 1 is 1.48 bits per heavy atom. The molecule has 2 aromatic rings. The smallest absolute Gasteiger partial charge is 0.387 e. The molecule has 0 fully saturated rings. The van der Waals surface area contributed by atoms with E-state index in [2.05, 4.69) is 15.6 Å². The van der Waals surface area contributed by atoms with Gasteiger partial charge in [0.2, 0.25) is 0 Å². The molecule has 2 N–H and O–H groups in total. The van der Waals surface area contributed by atoms with Crippen LogP contribution in [0.4, 0.5) is 14.5 Å². The van der Waals surface area contributed by atoms with Crippen molar-refractivity contribution in [1.29, 1.82) is 5.26 Å². The van der Waals surface area contributed by atoms with Crippen LogP contribution in [-0.2, 0) is 13.5 Å². The Balaban J connectivity index is 2.63. The number of anilines is 1. The number of hydrogen-bond acceptors (Lipinski definition) is 5. The van der Waals surface area contributed by atoms with Gasteiger partial charge in [-0.2, -0.15) is 14.0 Å². The number of terminal acetylenes is 1. The highest BCUT2D eigenvalue weighted by molar-refractivity contribution is 5.65. The second-order valence-corrected chi connectivity index (χ2v) is 6.48. The molecule has 1 aromatic heterocycles. The van der Waals surface area contributed by atoms with Gasteiger partial charge in [-0.3, -0.25) is 0 Å². The van der Waals surface area contributed by atoms with Gasteiger partial charge in [0.05, 0.1) is 17.2 Å². The normalized spacial score (nSPS) is 13.6. The van der Waals surface area contributed by atoms with E-state index in [-0.39, 0.29) is 11.3 Å². The van der Waals surface area contributed by atoms with Gasteiger partial charge >= 0.3 is 6.61 Å². The summed E-state index contributed by atoms with van der Waals surface area (Å²) >= 11 is 0. The zero-order valence-corrected chi connectivity index (χ0v) is 16.8. The predicted molar refractivity (Wildman–Crippen MR) is 108 cm³/mol. The fourth-order valence-corrected chi connectivity index (χ4v) is 3.02. The molecule has 8 heteroatoms. The maximum atomic E-state index is 12.8. The van der Waals surface area contributed by atoms with Gasteiger partial charge in [-0.1, -0.05) is 12.8 Å². The minimum Gasteiger partial charge on any atom is -0.433 e. The van der Waals surface area contributed by atoms with Gasteiger partial charge in [0, 0.05) is 31.5 Å². The molecule has 0 saturated carbocycles. The van der Waals surface area contributed by atoms with Crippen LogP contribution in [0.1, 0.15) is 25.0 Å². The lowest BCUT2D eigenvalue weighted by molar-refractivity contribution is -0.0500. The number of aryl methyl sites for hydroxylation is 2. The molecule has 152 valence electrons. The van der Waals surface area contributed by atoms with Crippen molar-refractivity contribution in [2.24, 2.45) is 12.8 Å². The van der Waals surface area contributed by atoms with E-state index in [1.54, 1.807) is 35.8 Å². The van der Waals surface area contributed by atoms with Crippen LogP contribution in [0, 0.1) is 23.7 Å². The third-order valence-electron chi connectivity index (χ3n) is 4.54. The second kappa shape index (κ2) is 9.11. The molecule has 1 heterocycles. The Bertz CT molecular complexity index is 1090. The van der Waals surface area contributed by atoms with E-state index >= 15 is 0 Å². The van der Waals surface area contributed by atoms with E-state index in [4.69, 9.17) is 12.2 Å². The van der Waals surface area contributed by atoms with Crippen molar-refractivity contribution in [3.63, 3.8) is 0 Å². The average Bonchev–Trinajstić information content (AvgIpc) is 3.05. The number of rotatable bonds is 6. The number of imidazole rings is 1. The van der Waals surface area contributed by atoms with Crippen LogP contribution in [-0.4, -0.2) is 29.3 Å². The predicted octanol–water partition coefficient (Wildman–Crippen LogP) is 1.46. The highest BCUT2D eigenvalue weighted by atomic mass is 19.3. The van der Waals surface area contributed by atoms with Crippen LogP contribution >= 0.6 is 0 Å². The highest BCUT2D eigenvalue weighted by Gasteiger charge is 2.19. The van der Waals surface area contributed by atoms with Gasteiger partial charge in [-0.15, -0.1) is 6.42 Å². The van der Waals surface area contributed by atoms with Gasteiger partial charge in [0.15, 0.2) is 0 Å². The molecule has 1 unspecified atom stereocenters. The molecule has 6 nitrogen and oxygen atoms in total. The standard InChI is InChI=1S/C21H23F2N5O/c1-6-14-8-15(11-24)19(29-21(22)23)10-17(14)28(5)16(7-2)9-18-20(13(3)25)26-12-27(18)4/h2,8-10,12,16,21H,6,25H2,1,3-5H3/b18-9+,20-13-. The molecule has 0 aliphatic heterocycles. The van der Waals surface area contributed by atoms with E-state index in [1.807, 2.05) is 26.1 Å². The van der Waals surface area contributed by atoms with E-state index in [0.717, 1.165) is 10.9 Å². The molecule has 0 spiro atoms. The van der Waals surface area contributed by atoms with Crippen molar-refractivity contribution >= 4 is 17.5 Å². The summed E-state index contributed by atoms with van der Waals surface area (Å²) in [5.41, 5.74) is 7.89. The lowest BCUT2D eigenvalue weighted by Gasteiger charge is -2.27. The first kappa shape index (κ1) is 21.8. The summed E-state index contributed by atoms with van der Waals surface area (Å²) in [6.07, 6.45) is 9.81. The molecule has 2 rings (SSSR count). The van der Waals surface area contributed by atoms with Gasteiger partial charge in [0.25, 0.3) is 0 Å². The largest absolute Gasteiger partial charge is 0.433 e. The summed E-state index contributed by atoms with van der Waals surface area (Å²) in [4.78, 5) is 6.05. The Kier molecular flexibility index (Phi) is 6.84. The topological polar surface area (TPSA) is 80.1 Å². The zero-order valence-electron chi connectivity index (χ0n) is 16.8. The third-order valence-corrected chi connectivity index (χ3v) is 4.54. The van der Waals surface area contributed by atoms with Crippen molar-refractivity contribution in [2.75, 3.05) is 11.9 Å². The quantitative estimate of drug-likeness (QED) is 0.744. The summed E-state index contributed by atoms with van der Waals surface area (Å²) in [7, 11) is 3.58. The number of nitriles is 1. The van der Waals surface area contributed by atoms with Gasteiger partial charge in [0.1, 0.15) is 23.2 Å². The molecule has 29 heavy (non-hydrogen) atoms. The summed E-state index contributed by atoms with van der Waals surface area (Å²) in [6, 6.07) is 4.34. The number of aromatic nitrogens is 2. The molecule has 0 radical (unpaired) electrons. The average molecular weight is 399 g/mol. The molecule has 1 atom stereocenters. The fourth-order valence-electron chi connectivity index (χ4n) is 3.02. The SMILES string of the molecule is C#CC(/C=c1\c(=C(/C)N)ncn1C)N(C)c1cc(OC(F)F)c(C#N)cc1CC. The lowest BCUT2D eigenvalue weighted by atomic mass is 10.0. The Morgan fingerprint density at radius 2 is 2.17 bits per heavy atom. The number of halogens is 2. The van der Waals surface area contributed by atoms with E-state index < -0.39 is 12.7 Å². The second-order valence-electron chi connectivity index (χ2n) is 6.48. The summed E-state index contributed by atoms with van der Waals surface area (Å²) in [6.45, 7) is 0.614. The summed E-state index contributed by atoms with van der Waals surface area (Å²) in [5, 5.41) is 10.6. The van der Waals surface area contributed by atoms with Crippen molar-refractivity contribution in [1.82, 2.24) is 9.55 Å². The molecule has 0 bridgehead atoms. The van der Waals surface area contributed by atoms with Gasteiger partial charge in [-0.05, 0) is 31.1 Å². The van der Waals surface area contributed by atoms with Gasteiger partial charge < -0.3 is 19.9 Å². The minimum absolute atomic E-state index is 0.0443. The molecule has 0 aliphatic carbocycles. The number of alkyl halides is 2. The molecular formula is C21H23F2N5O. The Labute approximate surface area is 168 Å². The molecule has 1 aromatic carbocycles. The van der Waals surface area contributed by atoms with E-state index in [9.17, 15) is 14.0 Å². The Hall–Kier alpha value is -3.52.